The molecule has 0 radical (unpaired) electrons. The van der Waals surface area contributed by atoms with Crippen LogP contribution in [0.15, 0.2) is 24.3 Å². The molecule has 1 amide bonds. The van der Waals surface area contributed by atoms with Gasteiger partial charge in [-0.3, -0.25) is 4.79 Å². The third-order valence-electron chi connectivity index (χ3n) is 3.52. The lowest BCUT2D eigenvalue weighted by Crippen LogP contribution is -2.52. The fourth-order valence-electron chi connectivity index (χ4n) is 2.31. The van der Waals surface area contributed by atoms with Crippen molar-refractivity contribution in [2.75, 3.05) is 13.2 Å². The van der Waals surface area contributed by atoms with Crippen molar-refractivity contribution in [3.8, 4) is 5.75 Å². The zero-order valence-corrected chi connectivity index (χ0v) is 12.9. The van der Waals surface area contributed by atoms with Crippen LogP contribution in [0.4, 0.5) is 4.39 Å². The van der Waals surface area contributed by atoms with E-state index in [1.54, 1.807) is 12.1 Å². The third-order valence-corrected chi connectivity index (χ3v) is 3.52. The number of hydrogen-bond donors (Lipinski definition) is 2. The van der Waals surface area contributed by atoms with Crippen molar-refractivity contribution in [3.63, 3.8) is 0 Å². The predicted molar refractivity (Wildman–Crippen MR) is 82.4 cm³/mol. The number of benzene rings is 1. The summed E-state index contributed by atoms with van der Waals surface area (Å²) >= 11 is 0. The molecule has 118 valence electrons. The summed E-state index contributed by atoms with van der Waals surface area (Å²) in [5.41, 5.74) is 0. The summed E-state index contributed by atoms with van der Waals surface area (Å²) in [7, 11) is 0. The molecule has 21 heavy (non-hydrogen) atoms. The van der Waals surface area contributed by atoms with Gasteiger partial charge in [0.1, 0.15) is 11.6 Å². The summed E-state index contributed by atoms with van der Waals surface area (Å²) in [6, 6.07) is 6.30. The summed E-state index contributed by atoms with van der Waals surface area (Å²) in [5.74, 6) is 0.272. The zero-order chi connectivity index (χ0) is 14.4. The van der Waals surface area contributed by atoms with Gasteiger partial charge in [-0.1, -0.05) is 0 Å². The molecule has 1 fully saturated rings. The fraction of sp³-hybridized carbons (Fsp3) is 0.533. The maximum Gasteiger partial charge on any atom is 0.223 e. The van der Waals surface area contributed by atoms with Crippen molar-refractivity contribution in [2.45, 2.75) is 38.3 Å². The molecule has 0 spiro atoms. The summed E-state index contributed by atoms with van der Waals surface area (Å²) in [5, 5.41) is 6.37. The number of ether oxygens (including phenoxy) is 1. The van der Waals surface area contributed by atoms with Gasteiger partial charge < -0.3 is 15.4 Å². The van der Waals surface area contributed by atoms with E-state index in [0.29, 0.717) is 24.8 Å². The summed E-state index contributed by atoms with van der Waals surface area (Å²) in [4.78, 5) is 11.8. The molecule has 1 saturated heterocycles. The van der Waals surface area contributed by atoms with Crippen LogP contribution < -0.4 is 15.4 Å². The molecular weight excluding hydrogens is 295 g/mol. The fourth-order valence-corrected chi connectivity index (χ4v) is 2.31. The van der Waals surface area contributed by atoms with E-state index in [1.807, 2.05) is 0 Å². The predicted octanol–water partition coefficient (Wildman–Crippen LogP) is 2.27. The van der Waals surface area contributed by atoms with Crippen molar-refractivity contribution < 1.29 is 13.9 Å². The van der Waals surface area contributed by atoms with Crippen LogP contribution in [0.25, 0.3) is 0 Å². The topological polar surface area (TPSA) is 50.4 Å². The Morgan fingerprint density at radius 2 is 2.14 bits per heavy atom. The molecule has 2 N–H and O–H groups in total. The molecular formula is C15H22ClFN2O2. The van der Waals surface area contributed by atoms with E-state index >= 15 is 0 Å². The number of rotatable bonds is 5. The minimum atomic E-state index is -0.297. The van der Waals surface area contributed by atoms with Crippen molar-refractivity contribution >= 4 is 18.3 Å². The number of nitrogens with one attached hydrogen (secondary N) is 2. The number of piperidine rings is 1. The van der Waals surface area contributed by atoms with Crippen molar-refractivity contribution in [2.24, 2.45) is 0 Å². The van der Waals surface area contributed by atoms with Gasteiger partial charge in [0.25, 0.3) is 0 Å². The van der Waals surface area contributed by atoms with Gasteiger partial charge in [0, 0.05) is 12.1 Å². The van der Waals surface area contributed by atoms with E-state index in [1.165, 1.54) is 12.1 Å². The average Bonchev–Trinajstić information content (AvgIpc) is 2.44. The summed E-state index contributed by atoms with van der Waals surface area (Å²) < 4.78 is 18.1. The van der Waals surface area contributed by atoms with E-state index in [4.69, 9.17) is 4.74 Å². The Hall–Kier alpha value is -1.33. The van der Waals surface area contributed by atoms with Gasteiger partial charge in [0.2, 0.25) is 5.91 Å². The third kappa shape index (κ3) is 5.89. The Labute approximate surface area is 130 Å². The SMILES string of the molecule is CC1NCCCC1NC(=O)CCOc1ccc(F)cc1.Cl. The zero-order valence-electron chi connectivity index (χ0n) is 12.1. The first-order chi connectivity index (χ1) is 9.65. The molecule has 1 aromatic carbocycles. The molecule has 4 nitrogen and oxygen atoms in total. The number of amides is 1. The highest BCUT2D eigenvalue weighted by Crippen LogP contribution is 2.11. The minimum absolute atomic E-state index is 0. The highest BCUT2D eigenvalue weighted by Gasteiger charge is 2.21. The number of halogens is 2. The molecule has 0 aromatic heterocycles. The van der Waals surface area contributed by atoms with Crippen LogP contribution in [0.3, 0.4) is 0 Å². The second-order valence-corrected chi connectivity index (χ2v) is 5.11. The first kappa shape index (κ1) is 17.7. The molecule has 1 aliphatic heterocycles. The van der Waals surface area contributed by atoms with Crippen molar-refractivity contribution in [3.05, 3.63) is 30.1 Å². The number of hydrogen-bond acceptors (Lipinski definition) is 3. The normalized spacial score (nSPS) is 21.2. The Kier molecular flexibility index (Phi) is 7.47. The van der Waals surface area contributed by atoms with E-state index in [2.05, 4.69) is 17.6 Å². The molecule has 0 bridgehead atoms. The van der Waals surface area contributed by atoms with Crippen LogP contribution in [0.5, 0.6) is 5.75 Å². The van der Waals surface area contributed by atoms with Gasteiger partial charge in [-0.2, -0.15) is 0 Å². The quantitative estimate of drug-likeness (QED) is 0.876. The Morgan fingerprint density at radius 1 is 1.43 bits per heavy atom. The molecule has 0 saturated carbocycles. The van der Waals surface area contributed by atoms with E-state index in [0.717, 1.165) is 19.4 Å². The van der Waals surface area contributed by atoms with Crippen molar-refractivity contribution in [1.29, 1.82) is 0 Å². The van der Waals surface area contributed by atoms with Crippen LogP contribution >= 0.6 is 12.4 Å². The lowest BCUT2D eigenvalue weighted by atomic mass is 10.00. The number of carbonyl (C=O) groups is 1. The largest absolute Gasteiger partial charge is 0.493 e. The minimum Gasteiger partial charge on any atom is -0.493 e. The van der Waals surface area contributed by atoms with Gasteiger partial charge in [-0.25, -0.2) is 4.39 Å². The molecule has 1 aliphatic rings. The van der Waals surface area contributed by atoms with Gasteiger partial charge in [-0.05, 0) is 50.6 Å². The van der Waals surface area contributed by atoms with Crippen LogP contribution in [0.2, 0.25) is 0 Å². The average molecular weight is 317 g/mol. The van der Waals surface area contributed by atoms with E-state index in [9.17, 15) is 9.18 Å². The van der Waals surface area contributed by atoms with Gasteiger partial charge >= 0.3 is 0 Å². The standard InChI is InChI=1S/C15H21FN2O2.ClH/c1-11-14(3-2-9-17-11)18-15(19)8-10-20-13-6-4-12(16)5-7-13;/h4-7,11,14,17H,2-3,8-10H2,1H3,(H,18,19);1H. The van der Waals surface area contributed by atoms with Gasteiger partial charge in [0.05, 0.1) is 13.0 Å². The molecule has 1 heterocycles. The van der Waals surface area contributed by atoms with Gasteiger partial charge in [0.15, 0.2) is 0 Å². The molecule has 6 heteroatoms. The number of carbonyl (C=O) groups excluding carboxylic acids is 1. The van der Waals surface area contributed by atoms with Crippen LogP contribution in [0, 0.1) is 5.82 Å². The highest BCUT2D eigenvalue weighted by molar-refractivity contribution is 5.85. The monoisotopic (exact) mass is 316 g/mol. The second-order valence-electron chi connectivity index (χ2n) is 5.11. The Morgan fingerprint density at radius 3 is 2.81 bits per heavy atom. The smallest absolute Gasteiger partial charge is 0.223 e. The second kappa shape index (κ2) is 8.85. The summed E-state index contributed by atoms with van der Waals surface area (Å²) in [6.45, 7) is 3.40. The summed E-state index contributed by atoms with van der Waals surface area (Å²) in [6.07, 6.45) is 2.40. The molecule has 2 rings (SSSR count). The van der Waals surface area contributed by atoms with E-state index < -0.39 is 0 Å². The molecule has 2 atom stereocenters. The maximum atomic E-state index is 12.7. The van der Waals surface area contributed by atoms with Crippen LogP contribution in [-0.4, -0.2) is 31.1 Å². The first-order valence-electron chi connectivity index (χ1n) is 7.06. The van der Waals surface area contributed by atoms with E-state index in [-0.39, 0.29) is 30.2 Å². The Bertz CT molecular complexity index is 442. The Balaban J connectivity index is 0.00000220. The van der Waals surface area contributed by atoms with Crippen molar-refractivity contribution in [1.82, 2.24) is 10.6 Å². The lowest BCUT2D eigenvalue weighted by Gasteiger charge is -2.30. The molecule has 1 aromatic rings. The van der Waals surface area contributed by atoms with Crippen LogP contribution in [-0.2, 0) is 4.79 Å². The first-order valence-corrected chi connectivity index (χ1v) is 7.06. The highest BCUT2D eigenvalue weighted by atomic mass is 35.5. The molecule has 0 aliphatic carbocycles. The molecule has 2 unspecified atom stereocenters. The lowest BCUT2D eigenvalue weighted by molar-refractivity contribution is -0.122. The maximum absolute atomic E-state index is 12.7. The van der Waals surface area contributed by atoms with Crippen LogP contribution in [0.1, 0.15) is 26.2 Å². The van der Waals surface area contributed by atoms with Gasteiger partial charge in [-0.15, -0.1) is 12.4 Å².